The molecule has 0 spiro atoms. The molecule has 0 saturated carbocycles. The van der Waals surface area contributed by atoms with E-state index in [0.717, 1.165) is 11.3 Å². The number of carboxylic acid groups (broad SMARTS) is 1. The van der Waals surface area contributed by atoms with Gasteiger partial charge in [-0.25, -0.2) is 4.79 Å². The average Bonchev–Trinajstić information content (AvgIpc) is 2.62. The molecule has 0 aliphatic heterocycles. The molecule has 1 rings (SSSR count). The third-order valence-electron chi connectivity index (χ3n) is 2.09. The molecule has 0 aliphatic carbocycles. The molecule has 1 heterocycles. The number of carbonyl (C=O) groups excluding carboxylic acids is 1. The summed E-state index contributed by atoms with van der Waals surface area (Å²) >= 11 is 1.01. The van der Waals surface area contributed by atoms with Crippen LogP contribution in [0.5, 0.6) is 0 Å². The minimum absolute atomic E-state index is 0.0251. The monoisotopic (exact) mass is 255 g/mol. The molecule has 0 aliphatic rings. The van der Waals surface area contributed by atoms with Gasteiger partial charge in [-0.05, 0) is 17.5 Å². The number of hydrogen-bond acceptors (Lipinski definition) is 3. The van der Waals surface area contributed by atoms with Crippen molar-refractivity contribution in [2.75, 3.05) is 13.6 Å². The zero-order valence-corrected chi connectivity index (χ0v) is 11.3. The Labute approximate surface area is 105 Å². The number of carbonyl (C=O) groups is 2. The van der Waals surface area contributed by atoms with Crippen molar-refractivity contribution in [3.05, 3.63) is 21.9 Å². The Hall–Kier alpha value is -1.36. The lowest BCUT2D eigenvalue weighted by molar-refractivity contribution is 0.0701. The van der Waals surface area contributed by atoms with Crippen molar-refractivity contribution in [1.82, 2.24) is 4.90 Å². The van der Waals surface area contributed by atoms with Gasteiger partial charge >= 0.3 is 5.97 Å². The van der Waals surface area contributed by atoms with Gasteiger partial charge in [-0.1, -0.05) is 20.8 Å². The Bertz CT molecular complexity index is 431. The lowest BCUT2D eigenvalue weighted by Gasteiger charge is -2.26. The van der Waals surface area contributed by atoms with Crippen LogP contribution >= 0.6 is 11.3 Å². The molecule has 4 nitrogen and oxygen atoms in total. The van der Waals surface area contributed by atoms with Crippen LogP contribution in [0.25, 0.3) is 0 Å². The molecule has 0 atom stereocenters. The maximum absolute atomic E-state index is 12.0. The standard InChI is InChI=1S/C12H17NO3S/c1-12(2,3)7-13(4)10(14)8-5-6-9(17-8)11(15)16/h5-6H,7H2,1-4H3,(H,15,16). The molecule has 1 aromatic rings. The van der Waals surface area contributed by atoms with Gasteiger partial charge in [0.1, 0.15) is 4.88 Å². The van der Waals surface area contributed by atoms with Crippen molar-refractivity contribution in [2.45, 2.75) is 20.8 Å². The molecule has 0 fully saturated rings. The molecule has 17 heavy (non-hydrogen) atoms. The topological polar surface area (TPSA) is 57.6 Å². The summed E-state index contributed by atoms with van der Waals surface area (Å²) in [4.78, 5) is 25.0. The summed E-state index contributed by atoms with van der Waals surface area (Å²) in [7, 11) is 1.73. The largest absolute Gasteiger partial charge is 0.477 e. The molecular formula is C12H17NO3S. The first-order valence-corrected chi connectivity index (χ1v) is 6.11. The second-order valence-corrected chi connectivity index (χ2v) is 6.27. The molecule has 1 N–H and O–H groups in total. The van der Waals surface area contributed by atoms with Gasteiger partial charge in [-0.3, -0.25) is 4.79 Å². The zero-order chi connectivity index (χ0) is 13.2. The van der Waals surface area contributed by atoms with Gasteiger partial charge in [0.05, 0.1) is 4.88 Å². The second-order valence-electron chi connectivity index (χ2n) is 5.19. The predicted molar refractivity (Wildman–Crippen MR) is 67.7 cm³/mol. The molecule has 0 saturated heterocycles. The van der Waals surface area contributed by atoms with Gasteiger partial charge in [-0.2, -0.15) is 0 Å². The van der Waals surface area contributed by atoms with Crippen molar-refractivity contribution in [2.24, 2.45) is 5.41 Å². The van der Waals surface area contributed by atoms with E-state index in [9.17, 15) is 9.59 Å². The first-order valence-electron chi connectivity index (χ1n) is 5.29. The molecule has 1 aromatic heterocycles. The fourth-order valence-corrected chi connectivity index (χ4v) is 2.38. The number of hydrogen-bond donors (Lipinski definition) is 1. The van der Waals surface area contributed by atoms with E-state index < -0.39 is 5.97 Å². The third-order valence-corrected chi connectivity index (χ3v) is 3.15. The highest BCUT2D eigenvalue weighted by Crippen LogP contribution is 2.20. The number of carboxylic acids is 1. The third kappa shape index (κ3) is 3.85. The highest BCUT2D eigenvalue weighted by Gasteiger charge is 2.20. The molecule has 0 radical (unpaired) electrons. The van der Waals surface area contributed by atoms with E-state index in [-0.39, 0.29) is 16.2 Å². The van der Waals surface area contributed by atoms with Gasteiger partial charge in [0.2, 0.25) is 0 Å². The lowest BCUT2D eigenvalue weighted by atomic mass is 9.96. The van der Waals surface area contributed by atoms with Crippen molar-refractivity contribution < 1.29 is 14.7 Å². The van der Waals surface area contributed by atoms with Crippen LogP contribution in [-0.2, 0) is 0 Å². The summed E-state index contributed by atoms with van der Waals surface area (Å²) in [6.45, 7) is 6.78. The van der Waals surface area contributed by atoms with Gasteiger partial charge in [0.25, 0.3) is 5.91 Å². The van der Waals surface area contributed by atoms with Crippen LogP contribution in [0, 0.1) is 5.41 Å². The second kappa shape index (κ2) is 4.87. The van der Waals surface area contributed by atoms with Crippen LogP contribution in [0.15, 0.2) is 12.1 Å². The molecular weight excluding hydrogens is 238 g/mol. The van der Waals surface area contributed by atoms with Crippen LogP contribution in [0.3, 0.4) is 0 Å². The normalized spacial score (nSPS) is 11.3. The van der Waals surface area contributed by atoms with Crippen LogP contribution < -0.4 is 0 Å². The fraction of sp³-hybridized carbons (Fsp3) is 0.500. The predicted octanol–water partition coefficient (Wildman–Crippen LogP) is 2.56. The SMILES string of the molecule is CN(CC(C)(C)C)C(=O)c1ccc(C(=O)O)s1. The smallest absolute Gasteiger partial charge is 0.345 e. The van der Waals surface area contributed by atoms with Crippen molar-refractivity contribution in [3.63, 3.8) is 0 Å². The Balaban J connectivity index is 2.78. The van der Waals surface area contributed by atoms with Gasteiger partial charge in [0, 0.05) is 13.6 Å². The summed E-state index contributed by atoms with van der Waals surface area (Å²) in [6.07, 6.45) is 0. The lowest BCUT2D eigenvalue weighted by Crippen LogP contribution is -2.34. The van der Waals surface area contributed by atoms with E-state index >= 15 is 0 Å². The quantitative estimate of drug-likeness (QED) is 0.903. The first-order chi connectivity index (χ1) is 7.70. The number of thiophene rings is 1. The van der Waals surface area contributed by atoms with Crippen LogP contribution in [0.1, 0.15) is 40.1 Å². The fourth-order valence-electron chi connectivity index (χ4n) is 1.54. The van der Waals surface area contributed by atoms with Crippen LogP contribution in [-0.4, -0.2) is 35.5 Å². The molecule has 0 unspecified atom stereocenters. The summed E-state index contributed by atoms with van der Waals surface area (Å²) in [5.74, 6) is -1.12. The van der Waals surface area contributed by atoms with E-state index in [0.29, 0.717) is 11.4 Å². The molecule has 94 valence electrons. The Kier molecular flexibility index (Phi) is 3.93. The van der Waals surface area contributed by atoms with E-state index in [1.807, 2.05) is 20.8 Å². The number of rotatable bonds is 3. The maximum Gasteiger partial charge on any atom is 0.345 e. The Morgan fingerprint density at radius 2 is 1.82 bits per heavy atom. The van der Waals surface area contributed by atoms with Crippen LogP contribution in [0.4, 0.5) is 0 Å². The summed E-state index contributed by atoms with van der Waals surface area (Å²) in [5.41, 5.74) is 0.0251. The van der Waals surface area contributed by atoms with Gasteiger partial charge in [-0.15, -0.1) is 11.3 Å². The van der Waals surface area contributed by atoms with E-state index in [1.54, 1.807) is 18.0 Å². The van der Waals surface area contributed by atoms with E-state index in [1.165, 1.54) is 6.07 Å². The number of aromatic carboxylic acids is 1. The Morgan fingerprint density at radius 3 is 2.24 bits per heavy atom. The first kappa shape index (κ1) is 13.7. The van der Waals surface area contributed by atoms with E-state index in [2.05, 4.69) is 0 Å². The van der Waals surface area contributed by atoms with Crippen molar-refractivity contribution in [3.8, 4) is 0 Å². The minimum Gasteiger partial charge on any atom is -0.477 e. The zero-order valence-electron chi connectivity index (χ0n) is 10.5. The highest BCUT2D eigenvalue weighted by molar-refractivity contribution is 7.15. The molecule has 0 aromatic carbocycles. The van der Waals surface area contributed by atoms with Gasteiger partial charge in [0.15, 0.2) is 0 Å². The summed E-state index contributed by atoms with van der Waals surface area (Å²) in [5, 5.41) is 8.79. The summed E-state index contributed by atoms with van der Waals surface area (Å²) in [6, 6.07) is 3.03. The van der Waals surface area contributed by atoms with E-state index in [4.69, 9.17) is 5.11 Å². The molecule has 1 amide bonds. The highest BCUT2D eigenvalue weighted by atomic mass is 32.1. The van der Waals surface area contributed by atoms with Crippen molar-refractivity contribution >= 4 is 23.2 Å². The Morgan fingerprint density at radius 1 is 1.29 bits per heavy atom. The molecule has 0 bridgehead atoms. The maximum atomic E-state index is 12.0. The minimum atomic E-state index is -0.993. The van der Waals surface area contributed by atoms with Gasteiger partial charge < -0.3 is 10.0 Å². The van der Waals surface area contributed by atoms with Crippen molar-refractivity contribution in [1.29, 1.82) is 0 Å². The number of amides is 1. The van der Waals surface area contributed by atoms with Crippen LogP contribution in [0.2, 0.25) is 0 Å². The summed E-state index contributed by atoms with van der Waals surface area (Å²) < 4.78 is 0. The number of nitrogens with zero attached hydrogens (tertiary/aromatic N) is 1. The molecule has 5 heteroatoms. The average molecular weight is 255 g/mol.